The van der Waals surface area contributed by atoms with Crippen LogP contribution in [0.4, 0.5) is 0 Å². The van der Waals surface area contributed by atoms with Gasteiger partial charge in [-0.15, -0.1) is 0 Å². The smallest absolute Gasteiger partial charge is 0.326 e. The predicted molar refractivity (Wildman–Crippen MR) is 72.5 cm³/mol. The number of carbonyl (C=O) groups excluding carboxylic acids is 1. The molecule has 1 aromatic rings. The van der Waals surface area contributed by atoms with Crippen LogP contribution in [0.3, 0.4) is 0 Å². The van der Waals surface area contributed by atoms with E-state index in [1.807, 2.05) is 13.8 Å². The first kappa shape index (κ1) is 13.9. The first-order valence-corrected chi connectivity index (χ1v) is 6.58. The highest BCUT2D eigenvalue weighted by Crippen LogP contribution is 2.33. The molecule has 0 heterocycles. The number of aliphatic carboxylic acids is 1. The Hall–Kier alpha value is -1.55. The van der Waals surface area contributed by atoms with Crippen molar-refractivity contribution in [1.29, 1.82) is 0 Å². The van der Waals surface area contributed by atoms with Gasteiger partial charge in [0, 0.05) is 0 Å². The number of carboxylic acids is 1. The lowest BCUT2D eigenvalue weighted by Gasteiger charge is -2.15. The zero-order valence-electron chi connectivity index (χ0n) is 10.9. The Balaban J connectivity index is 2.19. The lowest BCUT2D eigenvalue weighted by Crippen LogP contribution is -2.42. The minimum absolute atomic E-state index is 0.0479. The summed E-state index contributed by atoms with van der Waals surface area (Å²) in [7, 11) is 0. The summed E-state index contributed by atoms with van der Waals surface area (Å²) in [6.45, 7) is 3.80. The largest absolute Gasteiger partial charge is 0.480 e. The van der Waals surface area contributed by atoms with Crippen LogP contribution in [-0.4, -0.2) is 23.0 Å². The quantitative estimate of drug-likeness (QED) is 0.891. The molecule has 2 N–H and O–H groups in total. The second kappa shape index (κ2) is 5.21. The molecule has 0 bridgehead atoms. The van der Waals surface area contributed by atoms with E-state index in [4.69, 9.17) is 16.7 Å². The average molecular weight is 282 g/mol. The number of rotatable bonds is 4. The maximum Gasteiger partial charge on any atom is 0.326 e. The van der Waals surface area contributed by atoms with Gasteiger partial charge in [0.1, 0.15) is 6.04 Å². The van der Waals surface area contributed by atoms with E-state index in [1.54, 1.807) is 12.1 Å². The molecule has 1 aromatic carbocycles. The third-order valence-corrected chi connectivity index (χ3v) is 3.79. The maximum absolute atomic E-state index is 12.1. The van der Waals surface area contributed by atoms with Crippen molar-refractivity contribution in [3.05, 3.63) is 33.8 Å². The molecule has 1 aliphatic rings. The van der Waals surface area contributed by atoms with E-state index in [0.717, 1.165) is 24.0 Å². The molecular formula is C14H16ClNO3. The van der Waals surface area contributed by atoms with Crippen LogP contribution in [0.5, 0.6) is 0 Å². The molecular weight excluding hydrogens is 266 g/mol. The number of hydrogen-bond donors (Lipinski definition) is 2. The fourth-order valence-corrected chi connectivity index (χ4v) is 2.29. The van der Waals surface area contributed by atoms with Crippen LogP contribution >= 0.6 is 11.6 Å². The van der Waals surface area contributed by atoms with Crippen molar-refractivity contribution in [1.82, 2.24) is 5.32 Å². The molecule has 4 nitrogen and oxygen atoms in total. The van der Waals surface area contributed by atoms with Gasteiger partial charge in [0.25, 0.3) is 5.91 Å². The van der Waals surface area contributed by atoms with Crippen LogP contribution in [0.25, 0.3) is 0 Å². The second-order valence-corrected chi connectivity index (χ2v) is 5.45. The topological polar surface area (TPSA) is 66.4 Å². The Bertz CT molecular complexity index is 538. The van der Waals surface area contributed by atoms with E-state index in [2.05, 4.69) is 5.32 Å². The van der Waals surface area contributed by atoms with E-state index in [9.17, 15) is 9.59 Å². The molecule has 2 rings (SSSR count). The van der Waals surface area contributed by atoms with Crippen LogP contribution in [0, 0.1) is 19.8 Å². The summed E-state index contributed by atoms with van der Waals surface area (Å²) in [6, 6.07) is 2.60. The van der Waals surface area contributed by atoms with Gasteiger partial charge in [-0.2, -0.15) is 0 Å². The van der Waals surface area contributed by atoms with Crippen molar-refractivity contribution in [2.45, 2.75) is 32.7 Å². The number of nitrogens with one attached hydrogen (secondary N) is 1. The molecule has 5 heteroatoms. The Labute approximate surface area is 116 Å². The lowest BCUT2D eigenvalue weighted by molar-refractivity contribution is -0.139. The lowest BCUT2D eigenvalue weighted by atomic mass is 10.0. The molecule has 1 aliphatic carbocycles. The van der Waals surface area contributed by atoms with Crippen LogP contribution < -0.4 is 5.32 Å². The number of carbonyl (C=O) groups is 2. The van der Waals surface area contributed by atoms with E-state index in [-0.39, 0.29) is 5.92 Å². The fourth-order valence-electron chi connectivity index (χ4n) is 1.98. The summed E-state index contributed by atoms with van der Waals surface area (Å²) in [4.78, 5) is 23.2. The van der Waals surface area contributed by atoms with Gasteiger partial charge < -0.3 is 10.4 Å². The summed E-state index contributed by atoms with van der Waals surface area (Å²) in [5.41, 5.74) is 2.28. The van der Waals surface area contributed by atoms with Gasteiger partial charge >= 0.3 is 5.97 Å². The van der Waals surface area contributed by atoms with E-state index < -0.39 is 17.9 Å². The van der Waals surface area contributed by atoms with Crippen LogP contribution in [-0.2, 0) is 4.79 Å². The molecule has 1 unspecified atom stereocenters. The van der Waals surface area contributed by atoms with Crippen molar-refractivity contribution in [3.63, 3.8) is 0 Å². The van der Waals surface area contributed by atoms with Gasteiger partial charge in [0.2, 0.25) is 0 Å². The Morgan fingerprint density at radius 3 is 2.42 bits per heavy atom. The Morgan fingerprint density at radius 2 is 1.89 bits per heavy atom. The maximum atomic E-state index is 12.1. The fraction of sp³-hybridized carbons (Fsp3) is 0.429. The standard InChI is InChI=1S/C14H16ClNO3/c1-7-5-10(11(15)6-8(7)2)13(17)16-12(14(18)19)9-3-4-9/h5-6,9,12H,3-4H2,1-2H3,(H,16,17)(H,18,19). The number of benzene rings is 1. The zero-order chi connectivity index (χ0) is 14.2. The predicted octanol–water partition coefficient (Wildman–Crippen LogP) is 2.55. The van der Waals surface area contributed by atoms with Crippen molar-refractivity contribution < 1.29 is 14.7 Å². The SMILES string of the molecule is Cc1cc(Cl)c(C(=O)NC(C(=O)O)C2CC2)cc1C. The number of carboxylic acid groups (broad SMARTS) is 1. The summed E-state index contributed by atoms with van der Waals surface area (Å²) < 4.78 is 0. The molecule has 102 valence electrons. The highest BCUT2D eigenvalue weighted by Gasteiger charge is 2.37. The third-order valence-electron chi connectivity index (χ3n) is 3.47. The molecule has 19 heavy (non-hydrogen) atoms. The van der Waals surface area contributed by atoms with Gasteiger partial charge in [-0.05, 0) is 55.9 Å². The average Bonchev–Trinajstić information content (AvgIpc) is 3.14. The van der Waals surface area contributed by atoms with E-state index in [0.29, 0.717) is 10.6 Å². The van der Waals surface area contributed by atoms with Crippen LogP contribution in [0.15, 0.2) is 12.1 Å². The minimum Gasteiger partial charge on any atom is -0.480 e. The van der Waals surface area contributed by atoms with E-state index in [1.165, 1.54) is 0 Å². The van der Waals surface area contributed by atoms with Crippen molar-refractivity contribution in [2.75, 3.05) is 0 Å². The number of halogens is 1. The number of aryl methyl sites for hydroxylation is 2. The number of hydrogen-bond acceptors (Lipinski definition) is 2. The molecule has 0 spiro atoms. The van der Waals surface area contributed by atoms with Gasteiger partial charge in [0.05, 0.1) is 10.6 Å². The number of amides is 1. The second-order valence-electron chi connectivity index (χ2n) is 5.04. The van der Waals surface area contributed by atoms with Crippen LogP contribution in [0.1, 0.15) is 34.3 Å². The Morgan fingerprint density at radius 1 is 1.32 bits per heavy atom. The first-order valence-electron chi connectivity index (χ1n) is 6.20. The minimum atomic E-state index is -0.990. The van der Waals surface area contributed by atoms with Crippen molar-refractivity contribution in [3.8, 4) is 0 Å². The highest BCUT2D eigenvalue weighted by molar-refractivity contribution is 6.34. The molecule has 0 aromatic heterocycles. The Kier molecular flexibility index (Phi) is 3.80. The van der Waals surface area contributed by atoms with E-state index >= 15 is 0 Å². The van der Waals surface area contributed by atoms with Crippen molar-refractivity contribution >= 4 is 23.5 Å². The zero-order valence-corrected chi connectivity index (χ0v) is 11.6. The summed E-state index contributed by atoms with van der Waals surface area (Å²) >= 11 is 6.05. The highest BCUT2D eigenvalue weighted by atomic mass is 35.5. The molecule has 1 saturated carbocycles. The van der Waals surface area contributed by atoms with Crippen molar-refractivity contribution in [2.24, 2.45) is 5.92 Å². The monoisotopic (exact) mass is 281 g/mol. The first-order chi connectivity index (χ1) is 8.90. The molecule has 1 fully saturated rings. The molecule has 0 radical (unpaired) electrons. The van der Waals surface area contributed by atoms with Gasteiger partial charge in [-0.3, -0.25) is 4.79 Å². The van der Waals surface area contributed by atoms with Gasteiger partial charge in [-0.1, -0.05) is 11.6 Å². The van der Waals surface area contributed by atoms with Gasteiger partial charge in [0.15, 0.2) is 0 Å². The molecule has 0 saturated heterocycles. The summed E-state index contributed by atoms with van der Waals surface area (Å²) in [6.07, 6.45) is 1.69. The third kappa shape index (κ3) is 3.07. The van der Waals surface area contributed by atoms with Gasteiger partial charge in [-0.25, -0.2) is 4.79 Å². The summed E-state index contributed by atoms with van der Waals surface area (Å²) in [5.74, 6) is -1.37. The normalized spacial score (nSPS) is 15.9. The molecule has 1 amide bonds. The van der Waals surface area contributed by atoms with Crippen LogP contribution in [0.2, 0.25) is 5.02 Å². The molecule has 1 atom stereocenters. The molecule has 0 aliphatic heterocycles. The summed E-state index contributed by atoms with van der Waals surface area (Å²) in [5, 5.41) is 12.0.